The Morgan fingerprint density at radius 2 is 1.90 bits per heavy atom. The number of rotatable bonds is 3. The van der Waals surface area contributed by atoms with Gasteiger partial charge < -0.3 is 5.32 Å². The lowest BCUT2D eigenvalue weighted by atomic mass is 9.96. The van der Waals surface area contributed by atoms with Crippen molar-refractivity contribution >= 4 is 38.4 Å². The molecule has 21 heavy (non-hydrogen) atoms. The topological polar surface area (TPSA) is 24.9 Å². The molecule has 1 unspecified atom stereocenters. The molecule has 1 N–H and O–H groups in total. The van der Waals surface area contributed by atoms with Gasteiger partial charge in [-0.3, -0.25) is 4.98 Å². The molecular formula is C17H14BrClN2. The van der Waals surface area contributed by atoms with Crippen molar-refractivity contribution in [3.8, 4) is 0 Å². The first-order valence-electron chi connectivity index (χ1n) is 6.66. The maximum atomic E-state index is 6.39. The number of nitrogens with zero attached hydrogens (tertiary/aromatic N) is 1. The summed E-state index contributed by atoms with van der Waals surface area (Å²) in [4.78, 5) is 4.53. The predicted octanol–water partition coefficient (Wildman–Crippen LogP) is 4.96. The number of benzene rings is 2. The van der Waals surface area contributed by atoms with Gasteiger partial charge in [0, 0.05) is 21.1 Å². The molecule has 106 valence electrons. The molecule has 3 rings (SSSR count). The van der Waals surface area contributed by atoms with Crippen LogP contribution in [-0.4, -0.2) is 12.0 Å². The zero-order valence-corrected chi connectivity index (χ0v) is 13.8. The first-order valence-corrected chi connectivity index (χ1v) is 7.83. The average Bonchev–Trinajstić information content (AvgIpc) is 2.51. The highest BCUT2D eigenvalue weighted by Gasteiger charge is 2.18. The van der Waals surface area contributed by atoms with Gasteiger partial charge in [-0.25, -0.2) is 0 Å². The highest BCUT2D eigenvalue weighted by Crippen LogP contribution is 2.33. The van der Waals surface area contributed by atoms with E-state index in [1.807, 2.05) is 37.5 Å². The van der Waals surface area contributed by atoms with Crippen molar-refractivity contribution in [3.63, 3.8) is 0 Å². The molecule has 0 radical (unpaired) electrons. The summed E-state index contributed by atoms with van der Waals surface area (Å²) in [6, 6.07) is 16.1. The van der Waals surface area contributed by atoms with E-state index in [1.165, 1.54) is 0 Å². The fourth-order valence-corrected chi connectivity index (χ4v) is 3.18. The van der Waals surface area contributed by atoms with Gasteiger partial charge in [0.1, 0.15) is 0 Å². The summed E-state index contributed by atoms with van der Waals surface area (Å²) in [7, 11) is 1.93. The number of nitrogens with one attached hydrogen (secondary N) is 1. The number of fused-ring (bicyclic) bond motifs is 1. The summed E-state index contributed by atoms with van der Waals surface area (Å²) < 4.78 is 1.01. The van der Waals surface area contributed by atoms with Gasteiger partial charge in [0.15, 0.2) is 0 Å². The summed E-state index contributed by atoms with van der Waals surface area (Å²) >= 11 is 9.90. The number of halogens is 2. The molecule has 0 bridgehead atoms. The highest BCUT2D eigenvalue weighted by atomic mass is 79.9. The Hall–Kier alpha value is -1.42. The van der Waals surface area contributed by atoms with Gasteiger partial charge in [-0.15, -0.1) is 0 Å². The molecule has 0 aliphatic carbocycles. The van der Waals surface area contributed by atoms with Gasteiger partial charge in [-0.05, 0) is 42.4 Å². The first-order chi connectivity index (χ1) is 10.2. The van der Waals surface area contributed by atoms with Gasteiger partial charge in [-0.2, -0.15) is 0 Å². The van der Waals surface area contributed by atoms with Crippen LogP contribution in [0.15, 0.2) is 59.2 Å². The first kappa shape index (κ1) is 14.5. The smallest absolute Gasteiger partial charge is 0.0753 e. The van der Waals surface area contributed by atoms with Crippen LogP contribution in [0.5, 0.6) is 0 Å². The molecule has 0 aliphatic rings. The summed E-state index contributed by atoms with van der Waals surface area (Å²) in [6.45, 7) is 0. The van der Waals surface area contributed by atoms with Gasteiger partial charge in [0.25, 0.3) is 0 Å². The summed E-state index contributed by atoms with van der Waals surface area (Å²) in [5, 5.41) is 5.22. The van der Waals surface area contributed by atoms with Gasteiger partial charge in [0.2, 0.25) is 0 Å². The molecule has 0 amide bonds. The number of pyridine rings is 1. The van der Waals surface area contributed by atoms with Crippen molar-refractivity contribution in [2.75, 3.05) is 7.05 Å². The summed E-state index contributed by atoms with van der Waals surface area (Å²) in [5.74, 6) is 0. The molecular weight excluding hydrogens is 348 g/mol. The molecule has 0 spiro atoms. The average molecular weight is 362 g/mol. The van der Waals surface area contributed by atoms with E-state index in [2.05, 4.69) is 50.5 Å². The minimum atomic E-state index is -0.00593. The fraction of sp³-hybridized carbons (Fsp3) is 0.118. The van der Waals surface area contributed by atoms with Crippen molar-refractivity contribution in [2.45, 2.75) is 6.04 Å². The van der Waals surface area contributed by atoms with Crippen LogP contribution in [0.25, 0.3) is 10.9 Å². The second-order valence-corrected chi connectivity index (χ2v) is 6.13. The predicted molar refractivity (Wildman–Crippen MR) is 91.8 cm³/mol. The lowest BCUT2D eigenvalue weighted by molar-refractivity contribution is 0.695. The molecule has 0 saturated carbocycles. The van der Waals surface area contributed by atoms with Crippen LogP contribution in [-0.2, 0) is 0 Å². The van der Waals surface area contributed by atoms with E-state index in [4.69, 9.17) is 11.6 Å². The highest BCUT2D eigenvalue weighted by molar-refractivity contribution is 9.10. The van der Waals surface area contributed by atoms with Crippen LogP contribution in [0.1, 0.15) is 17.2 Å². The molecule has 0 saturated heterocycles. The Bertz CT molecular complexity index is 783. The Balaban J connectivity index is 2.21. The van der Waals surface area contributed by atoms with Crippen molar-refractivity contribution in [3.05, 3.63) is 75.4 Å². The quantitative estimate of drug-likeness (QED) is 0.713. The minimum Gasteiger partial charge on any atom is -0.309 e. The van der Waals surface area contributed by atoms with Crippen molar-refractivity contribution in [2.24, 2.45) is 0 Å². The maximum Gasteiger partial charge on any atom is 0.0753 e. The van der Waals surface area contributed by atoms with E-state index in [0.29, 0.717) is 0 Å². The monoisotopic (exact) mass is 360 g/mol. The number of hydrogen-bond acceptors (Lipinski definition) is 2. The van der Waals surface area contributed by atoms with Gasteiger partial charge in [0.05, 0.1) is 11.6 Å². The number of para-hydroxylation sites is 1. The second kappa shape index (κ2) is 6.14. The molecule has 1 atom stereocenters. The van der Waals surface area contributed by atoms with Crippen LogP contribution in [0.4, 0.5) is 0 Å². The SMILES string of the molecule is CNC(c1cc(Br)ccc1Cl)c1cccc2cccnc12. The van der Waals surface area contributed by atoms with Gasteiger partial charge in [-0.1, -0.05) is 51.8 Å². The summed E-state index contributed by atoms with van der Waals surface area (Å²) in [6.07, 6.45) is 1.82. The van der Waals surface area contributed by atoms with Gasteiger partial charge >= 0.3 is 0 Å². The molecule has 3 aromatic rings. The number of hydrogen-bond donors (Lipinski definition) is 1. The molecule has 0 fully saturated rings. The van der Waals surface area contributed by atoms with E-state index < -0.39 is 0 Å². The molecule has 1 aromatic heterocycles. The van der Waals surface area contributed by atoms with E-state index in [9.17, 15) is 0 Å². The zero-order chi connectivity index (χ0) is 14.8. The Morgan fingerprint density at radius 3 is 2.71 bits per heavy atom. The maximum absolute atomic E-state index is 6.39. The van der Waals surface area contributed by atoms with E-state index in [-0.39, 0.29) is 6.04 Å². The molecule has 2 aromatic carbocycles. The van der Waals surface area contributed by atoms with Crippen LogP contribution < -0.4 is 5.32 Å². The third kappa shape index (κ3) is 2.82. The van der Waals surface area contributed by atoms with Crippen LogP contribution in [0, 0.1) is 0 Å². The molecule has 2 nitrogen and oxygen atoms in total. The van der Waals surface area contributed by atoms with Crippen LogP contribution in [0.2, 0.25) is 5.02 Å². The van der Waals surface area contributed by atoms with E-state index in [0.717, 1.165) is 31.5 Å². The normalized spacial score (nSPS) is 12.5. The van der Waals surface area contributed by atoms with Crippen LogP contribution >= 0.6 is 27.5 Å². The Morgan fingerprint density at radius 1 is 1.10 bits per heavy atom. The third-order valence-electron chi connectivity index (χ3n) is 3.53. The third-order valence-corrected chi connectivity index (χ3v) is 4.37. The fourth-order valence-electron chi connectivity index (χ4n) is 2.58. The Labute approximate surface area is 137 Å². The lowest BCUT2D eigenvalue weighted by Crippen LogP contribution is -2.18. The minimum absolute atomic E-state index is 0.00593. The Kier molecular flexibility index (Phi) is 4.24. The number of aromatic nitrogens is 1. The van der Waals surface area contributed by atoms with Crippen molar-refractivity contribution < 1.29 is 0 Å². The summed E-state index contributed by atoms with van der Waals surface area (Å²) in [5.41, 5.74) is 3.15. The van der Waals surface area contributed by atoms with E-state index in [1.54, 1.807) is 0 Å². The molecule has 4 heteroatoms. The molecule has 0 aliphatic heterocycles. The molecule has 1 heterocycles. The zero-order valence-electron chi connectivity index (χ0n) is 11.5. The second-order valence-electron chi connectivity index (χ2n) is 4.81. The van der Waals surface area contributed by atoms with Crippen molar-refractivity contribution in [1.82, 2.24) is 10.3 Å². The lowest BCUT2D eigenvalue weighted by Gasteiger charge is -2.20. The van der Waals surface area contributed by atoms with Crippen LogP contribution in [0.3, 0.4) is 0 Å². The largest absolute Gasteiger partial charge is 0.309 e. The standard InChI is InChI=1S/C17H14BrClN2/c1-20-17(14-10-12(18)7-8-15(14)19)13-6-2-4-11-5-3-9-21-16(11)13/h2-10,17,20H,1H3. The van der Waals surface area contributed by atoms with Crippen molar-refractivity contribution in [1.29, 1.82) is 0 Å². The van der Waals surface area contributed by atoms with E-state index >= 15 is 0 Å².